The molecule has 5 N–H and O–H groups in total. The number of nitrogens with zero attached hydrogens (tertiary/aromatic N) is 2. The van der Waals surface area contributed by atoms with E-state index in [-0.39, 0.29) is 24.8 Å². The summed E-state index contributed by atoms with van der Waals surface area (Å²) in [4.78, 5) is 69.2. The monoisotopic (exact) mass is 671 g/mol. The second kappa shape index (κ2) is 20.8. The van der Waals surface area contributed by atoms with Crippen molar-refractivity contribution in [1.29, 1.82) is 0 Å². The van der Waals surface area contributed by atoms with Crippen LogP contribution < -0.4 is 26.6 Å². The Hall–Kier alpha value is -3.45. The number of nitrogens with one attached hydrogen (secondary N) is 5. The Labute approximate surface area is 285 Å². The van der Waals surface area contributed by atoms with Crippen LogP contribution in [-0.2, 0) is 19.2 Å². The fourth-order valence-electron chi connectivity index (χ4n) is 7.02. The molecular formula is C35H57N7O6. The highest BCUT2D eigenvalue weighted by molar-refractivity contribution is 5.96. The average Bonchev–Trinajstić information content (AvgIpc) is 3.66. The van der Waals surface area contributed by atoms with Crippen molar-refractivity contribution in [3.8, 4) is 0 Å². The molecule has 2 atom stereocenters. The van der Waals surface area contributed by atoms with Crippen LogP contribution >= 0.6 is 0 Å². The molecular weight excluding hydrogens is 614 g/mol. The van der Waals surface area contributed by atoms with E-state index in [0.717, 1.165) is 71.4 Å². The van der Waals surface area contributed by atoms with E-state index in [4.69, 9.17) is 4.42 Å². The molecule has 2 unspecified atom stereocenters. The second-order valence-electron chi connectivity index (χ2n) is 13.6. The van der Waals surface area contributed by atoms with E-state index in [1.54, 1.807) is 6.07 Å². The van der Waals surface area contributed by atoms with E-state index in [9.17, 15) is 24.0 Å². The predicted octanol–water partition coefficient (Wildman–Crippen LogP) is 1.93. The molecule has 3 aliphatic rings. The molecule has 1 aliphatic carbocycles. The van der Waals surface area contributed by atoms with Crippen molar-refractivity contribution < 1.29 is 28.4 Å². The molecule has 3 fully saturated rings. The molecule has 1 aromatic rings. The minimum absolute atomic E-state index is 0.112. The average molecular weight is 672 g/mol. The lowest BCUT2D eigenvalue weighted by Gasteiger charge is -2.28. The third kappa shape index (κ3) is 13.6. The fourth-order valence-corrected chi connectivity index (χ4v) is 7.02. The third-order valence-electron chi connectivity index (χ3n) is 9.77. The van der Waals surface area contributed by atoms with Crippen molar-refractivity contribution in [3.63, 3.8) is 0 Å². The standard InChI is InChI=1S/C35H57N7O6/c43-31(25-38-34(46)29(24-27-12-4-1-5-13-27)40-35(47)30-15-11-23-48-30)37-26-32(44)39-28(14-10-21-41-17-6-2-7-18-41)33(45)36-16-22-42-19-8-3-9-20-42/h11,15,23,27-29H,1-10,12-14,16-22,24-26H2,(H,36,45)(H,37,43)(H,38,46)(H,39,44)(H,40,47). The van der Waals surface area contributed by atoms with E-state index in [2.05, 4.69) is 36.4 Å². The van der Waals surface area contributed by atoms with Gasteiger partial charge < -0.3 is 40.8 Å². The number of carbonyl (C=O) groups excluding carboxylic acids is 5. The van der Waals surface area contributed by atoms with Gasteiger partial charge in [0.1, 0.15) is 12.1 Å². The first-order valence-electron chi connectivity index (χ1n) is 18.3. The highest BCUT2D eigenvalue weighted by Crippen LogP contribution is 2.27. The van der Waals surface area contributed by atoms with Gasteiger partial charge in [0.25, 0.3) is 5.91 Å². The summed E-state index contributed by atoms with van der Waals surface area (Å²) in [6.07, 6.45) is 15.8. The summed E-state index contributed by atoms with van der Waals surface area (Å²) in [6, 6.07) is 1.62. The Bertz CT molecular complexity index is 1140. The first-order chi connectivity index (χ1) is 23.4. The summed E-state index contributed by atoms with van der Waals surface area (Å²) in [5.41, 5.74) is 0. The van der Waals surface area contributed by atoms with Gasteiger partial charge in [-0.1, -0.05) is 44.9 Å². The zero-order chi connectivity index (χ0) is 34.0. The molecule has 48 heavy (non-hydrogen) atoms. The Kier molecular flexibility index (Phi) is 16.2. The maximum atomic E-state index is 13.1. The lowest BCUT2D eigenvalue weighted by Crippen LogP contribution is -2.52. The van der Waals surface area contributed by atoms with Gasteiger partial charge in [0.2, 0.25) is 23.6 Å². The van der Waals surface area contributed by atoms with Gasteiger partial charge >= 0.3 is 0 Å². The van der Waals surface area contributed by atoms with Gasteiger partial charge in [0.05, 0.1) is 19.4 Å². The van der Waals surface area contributed by atoms with Crippen LogP contribution in [-0.4, -0.2) is 110 Å². The van der Waals surface area contributed by atoms with Crippen LogP contribution in [0.2, 0.25) is 0 Å². The van der Waals surface area contributed by atoms with E-state index < -0.39 is 35.7 Å². The van der Waals surface area contributed by atoms with Crippen LogP contribution in [0.5, 0.6) is 0 Å². The summed E-state index contributed by atoms with van der Waals surface area (Å²) in [7, 11) is 0. The van der Waals surface area contributed by atoms with Crippen molar-refractivity contribution >= 4 is 29.5 Å². The number of rotatable bonds is 18. The Morgan fingerprint density at radius 3 is 2.00 bits per heavy atom. The van der Waals surface area contributed by atoms with Gasteiger partial charge in [-0.15, -0.1) is 0 Å². The number of likely N-dealkylation sites (tertiary alicyclic amines) is 2. The summed E-state index contributed by atoms with van der Waals surface area (Å²) < 4.78 is 5.18. The van der Waals surface area contributed by atoms with Gasteiger partial charge in [-0.05, 0) is 95.7 Å². The van der Waals surface area contributed by atoms with Crippen LogP contribution in [0.15, 0.2) is 22.8 Å². The molecule has 13 nitrogen and oxygen atoms in total. The SMILES string of the molecule is O=C(CNC(=O)C(CC1CCCCC1)NC(=O)c1ccco1)NCC(=O)NC(CCCN1CCCCC1)C(=O)NCCN1CCCCC1. The zero-order valence-corrected chi connectivity index (χ0v) is 28.6. The zero-order valence-electron chi connectivity index (χ0n) is 28.6. The van der Waals surface area contributed by atoms with E-state index in [1.165, 1.54) is 57.3 Å². The molecule has 13 heteroatoms. The summed E-state index contributed by atoms with van der Waals surface area (Å²) >= 11 is 0. The first kappa shape index (κ1) is 37.4. The summed E-state index contributed by atoms with van der Waals surface area (Å²) in [5.74, 6) is -1.75. The topological polar surface area (TPSA) is 165 Å². The van der Waals surface area contributed by atoms with Crippen LogP contribution in [0.3, 0.4) is 0 Å². The number of carbonyl (C=O) groups is 5. The third-order valence-corrected chi connectivity index (χ3v) is 9.77. The fraction of sp³-hybridized carbons (Fsp3) is 0.743. The number of piperidine rings is 2. The van der Waals surface area contributed by atoms with Gasteiger partial charge in [-0.2, -0.15) is 0 Å². The van der Waals surface area contributed by atoms with Crippen molar-refractivity contribution in [1.82, 2.24) is 36.4 Å². The molecule has 2 saturated heterocycles. The number of furan rings is 1. The molecule has 0 aromatic carbocycles. The van der Waals surface area contributed by atoms with E-state index in [1.807, 2.05) is 0 Å². The normalized spacial score (nSPS) is 19.1. The quantitative estimate of drug-likeness (QED) is 0.158. The number of hydrogen-bond donors (Lipinski definition) is 5. The van der Waals surface area contributed by atoms with Crippen molar-refractivity contribution in [2.24, 2.45) is 5.92 Å². The van der Waals surface area contributed by atoms with Crippen molar-refractivity contribution in [3.05, 3.63) is 24.2 Å². The maximum absolute atomic E-state index is 13.1. The Morgan fingerprint density at radius 1 is 0.708 bits per heavy atom. The Balaban J connectivity index is 1.21. The van der Waals surface area contributed by atoms with E-state index >= 15 is 0 Å². The molecule has 0 spiro atoms. The van der Waals surface area contributed by atoms with Crippen molar-refractivity contribution in [2.75, 3.05) is 58.9 Å². The van der Waals surface area contributed by atoms with Crippen LogP contribution in [0, 0.1) is 5.92 Å². The highest BCUT2D eigenvalue weighted by atomic mass is 16.3. The molecule has 1 aromatic heterocycles. The van der Waals surface area contributed by atoms with Crippen LogP contribution in [0.4, 0.5) is 0 Å². The highest BCUT2D eigenvalue weighted by Gasteiger charge is 2.28. The van der Waals surface area contributed by atoms with Crippen molar-refractivity contribution in [2.45, 2.75) is 102 Å². The molecule has 5 amide bonds. The molecule has 4 rings (SSSR count). The van der Waals surface area contributed by atoms with Gasteiger partial charge in [-0.25, -0.2) is 0 Å². The lowest BCUT2D eigenvalue weighted by molar-refractivity contribution is -0.130. The molecule has 2 aliphatic heterocycles. The van der Waals surface area contributed by atoms with Crippen LogP contribution in [0.1, 0.15) is 100 Å². The summed E-state index contributed by atoms with van der Waals surface area (Å²) in [5, 5.41) is 13.7. The molecule has 3 heterocycles. The predicted molar refractivity (Wildman–Crippen MR) is 182 cm³/mol. The summed E-state index contributed by atoms with van der Waals surface area (Å²) in [6.45, 7) is 5.76. The lowest BCUT2D eigenvalue weighted by atomic mass is 9.84. The minimum Gasteiger partial charge on any atom is -0.459 e. The van der Waals surface area contributed by atoms with Gasteiger partial charge in [0, 0.05) is 13.1 Å². The van der Waals surface area contributed by atoms with Crippen LogP contribution in [0.25, 0.3) is 0 Å². The molecule has 0 radical (unpaired) electrons. The largest absolute Gasteiger partial charge is 0.459 e. The molecule has 268 valence electrons. The number of hydrogen-bond acceptors (Lipinski definition) is 8. The smallest absolute Gasteiger partial charge is 0.287 e. The maximum Gasteiger partial charge on any atom is 0.287 e. The minimum atomic E-state index is -0.819. The molecule has 1 saturated carbocycles. The van der Waals surface area contributed by atoms with Gasteiger partial charge in [0.15, 0.2) is 5.76 Å². The number of amides is 5. The second-order valence-corrected chi connectivity index (χ2v) is 13.6. The van der Waals surface area contributed by atoms with Gasteiger partial charge in [-0.3, -0.25) is 24.0 Å². The Morgan fingerprint density at radius 2 is 1.33 bits per heavy atom. The van der Waals surface area contributed by atoms with E-state index in [0.29, 0.717) is 25.3 Å². The molecule has 0 bridgehead atoms. The first-order valence-corrected chi connectivity index (χ1v) is 18.3.